The van der Waals surface area contributed by atoms with Gasteiger partial charge in [0.1, 0.15) is 6.04 Å². The van der Waals surface area contributed by atoms with Crippen molar-refractivity contribution in [2.24, 2.45) is 0 Å². The highest BCUT2D eigenvalue weighted by Crippen LogP contribution is 2.16. The molecular weight excluding hydrogens is 404 g/mol. The predicted octanol–water partition coefficient (Wildman–Crippen LogP) is 2.91. The molecule has 8 heteroatoms. The first-order valence-corrected chi connectivity index (χ1v) is 10.6. The molecule has 3 N–H and O–H groups in total. The average Bonchev–Trinajstić information content (AvgIpc) is 2.75. The van der Waals surface area contributed by atoms with E-state index < -0.39 is 22.0 Å². The van der Waals surface area contributed by atoms with Gasteiger partial charge >= 0.3 is 5.97 Å². The number of sulfonamides is 1. The average molecular weight is 424 g/mol. The highest BCUT2D eigenvalue weighted by molar-refractivity contribution is 7.89. The van der Waals surface area contributed by atoms with E-state index in [4.69, 9.17) is 0 Å². The fraction of sp³-hybridized carbons (Fsp3) is 0.0909. The third-order valence-electron chi connectivity index (χ3n) is 4.34. The van der Waals surface area contributed by atoms with Crippen molar-refractivity contribution in [2.45, 2.75) is 17.4 Å². The Balaban J connectivity index is 1.70. The zero-order chi connectivity index (χ0) is 21.6. The molecule has 1 amide bonds. The Morgan fingerprint density at radius 3 is 1.97 bits per heavy atom. The van der Waals surface area contributed by atoms with Crippen LogP contribution in [0.3, 0.4) is 0 Å². The molecule has 30 heavy (non-hydrogen) atoms. The lowest BCUT2D eigenvalue weighted by Crippen LogP contribution is -2.42. The van der Waals surface area contributed by atoms with Crippen molar-refractivity contribution >= 4 is 27.6 Å². The Kier molecular flexibility index (Phi) is 6.61. The summed E-state index contributed by atoms with van der Waals surface area (Å²) < 4.78 is 27.5. The number of anilines is 1. The minimum Gasteiger partial charge on any atom is -0.480 e. The second kappa shape index (κ2) is 9.34. The lowest BCUT2D eigenvalue weighted by molar-refractivity contribution is -0.138. The summed E-state index contributed by atoms with van der Waals surface area (Å²) >= 11 is 0. The van der Waals surface area contributed by atoms with E-state index in [-0.39, 0.29) is 17.2 Å². The van der Waals surface area contributed by atoms with E-state index in [1.165, 1.54) is 24.3 Å². The number of nitrogens with one attached hydrogen (secondary N) is 2. The lowest BCUT2D eigenvalue weighted by Gasteiger charge is -2.15. The fourth-order valence-electron chi connectivity index (χ4n) is 2.79. The number of carboxylic acid groups (broad SMARTS) is 1. The van der Waals surface area contributed by atoms with E-state index in [0.29, 0.717) is 16.8 Å². The third kappa shape index (κ3) is 5.53. The standard InChI is InChI=1S/C22H20N2O5S/c25-21(17-9-5-2-6-10-17)23-18-11-13-19(14-12-18)30(28,29)24-20(22(26)27)15-16-7-3-1-4-8-16/h1-14,20,24H,15H2,(H,23,25)(H,26,27)/t20-/m1/s1. The summed E-state index contributed by atoms with van der Waals surface area (Å²) in [5, 5.41) is 12.1. The number of carbonyl (C=O) groups excluding carboxylic acids is 1. The Hall–Kier alpha value is -3.49. The van der Waals surface area contributed by atoms with E-state index in [1.54, 1.807) is 60.7 Å². The van der Waals surface area contributed by atoms with Gasteiger partial charge in [0.05, 0.1) is 4.90 Å². The molecule has 154 valence electrons. The van der Waals surface area contributed by atoms with Crippen LogP contribution in [0.25, 0.3) is 0 Å². The molecule has 0 aliphatic rings. The van der Waals surface area contributed by atoms with Crippen molar-refractivity contribution in [1.29, 1.82) is 0 Å². The van der Waals surface area contributed by atoms with Gasteiger partial charge < -0.3 is 10.4 Å². The highest BCUT2D eigenvalue weighted by Gasteiger charge is 2.25. The zero-order valence-electron chi connectivity index (χ0n) is 15.9. The van der Waals surface area contributed by atoms with Crippen LogP contribution in [0.4, 0.5) is 5.69 Å². The molecule has 3 rings (SSSR count). The maximum Gasteiger partial charge on any atom is 0.322 e. The molecule has 0 aromatic heterocycles. The summed E-state index contributed by atoms with van der Waals surface area (Å²) in [6.45, 7) is 0. The van der Waals surface area contributed by atoms with Crippen molar-refractivity contribution in [3.63, 3.8) is 0 Å². The molecular formula is C22H20N2O5S. The second-order valence-electron chi connectivity index (χ2n) is 6.55. The minimum absolute atomic E-state index is 0.0145. The van der Waals surface area contributed by atoms with Gasteiger partial charge in [0, 0.05) is 11.3 Å². The number of carbonyl (C=O) groups is 2. The van der Waals surface area contributed by atoms with Crippen LogP contribution < -0.4 is 10.0 Å². The van der Waals surface area contributed by atoms with Crippen molar-refractivity contribution in [2.75, 3.05) is 5.32 Å². The van der Waals surface area contributed by atoms with Crippen LogP contribution >= 0.6 is 0 Å². The topological polar surface area (TPSA) is 113 Å². The van der Waals surface area contributed by atoms with Gasteiger partial charge in [-0.3, -0.25) is 9.59 Å². The van der Waals surface area contributed by atoms with E-state index in [1.807, 2.05) is 0 Å². The molecule has 0 saturated heterocycles. The SMILES string of the molecule is O=C(Nc1ccc(S(=O)(=O)N[C@H](Cc2ccccc2)C(=O)O)cc1)c1ccccc1. The lowest BCUT2D eigenvalue weighted by atomic mass is 10.1. The van der Waals surface area contributed by atoms with E-state index in [0.717, 1.165) is 0 Å². The molecule has 0 spiro atoms. The fourth-order valence-corrected chi connectivity index (χ4v) is 3.98. The minimum atomic E-state index is -4.07. The maximum absolute atomic E-state index is 12.6. The van der Waals surface area contributed by atoms with E-state index in [2.05, 4.69) is 10.0 Å². The van der Waals surface area contributed by atoms with Crippen LogP contribution in [0.2, 0.25) is 0 Å². The van der Waals surface area contributed by atoms with Crippen LogP contribution in [-0.4, -0.2) is 31.4 Å². The second-order valence-corrected chi connectivity index (χ2v) is 8.26. The van der Waals surface area contributed by atoms with Crippen molar-refractivity contribution in [3.8, 4) is 0 Å². The molecule has 1 atom stereocenters. The van der Waals surface area contributed by atoms with Crippen molar-refractivity contribution in [1.82, 2.24) is 4.72 Å². The Bertz CT molecular complexity index is 1120. The van der Waals surface area contributed by atoms with Gasteiger partial charge in [-0.2, -0.15) is 4.72 Å². The van der Waals surface area contributed by atoms with Crippen LogP contribution in [0.15, 0.2) is 89.8 Å². The van der Waals surface area contributed by atoms with Gasteiger partial charge in [0.2, 0.25) is 10.0 Å². The summed E-state index contributed by atoms with van der Waals surface area (Å²) in [5.74, 6) is -1.59. The van der Waals surface area contributed by atoms with Crippen LogP contribution in [-0.2, 0) is 21.2 Å². The van der Waals surface area contributed by atoms with Crippen LogP contribution in [0.5, 0.6) is 0 Å². The predicted molar refractivity (Wildman–Crippen MR) is 113 cm³/mol. The summed E-state index contributed by atoms with van der Waals surface area (Å²) in [5.41, 5.74) is 1.59. The third-order valence-corrected chi connectivity index (χ3v) is 5.82. The molecule has 0 unspecified atom stereocenters. The number of aliphatic carboxylic acids is 1. The summed E-state index contributed by atoms with van der Waals surface area (Å²) in [4.78, 5) is 23.6. The summed E-state index contributed by atoms with van der Waals surface area (Å²) in [6, 6.07) is 21.6. The Labute approximate surface area is 174 Å². The first-order valence-electron chi connectivity index (χ1n) is 9.11. The van der Waals surface area contributed by atoms with Gasteiger partial charge in [-0.05, 0) is 48.4 Å². The first-order chi connectivity index (χ1) is 14.3. The van der Waals surface area contributed by atoms with E-state index >= 15 is 0 Å². The van der Waals surface area contributed by atoms with Crippen molar-refractivity contribution < 1.29 is 23.1 Å². The largest absolute Gasteiger partial charge is 0.480 e. The highest BCUT2D eigenvalue weighted by atomic mass is 32.2. The summed E-state index contributed by atoms with van der Waals surface area (Å²) in [6.07, 6.45) is 0.0145. The normalized spacial score (nSPS) is 12.1. The van der Waals surface area contributed by atoms with Gasteiger partial charge in [-0.25, -0.2) is 8.42 Å². The molecule has 0 fully saturated rings. The first kappa shape index (κ1) is 21.2. The number of benzene rings is 3. The van der Waals surface area contributed by atoms with Gasteiger partial charge in [0.15, 0.2) is 0 Å². The van der Waals surface area contributed by atoms with Gasteiger partial charge in [-0.15, -0.1) is 0 Å². The quantitative estimate of drug-likeness (QED) is 0.515. The summed E-state index contributed by atoms with van der Waals surface area (Å²) in [7, 11) is -4.07. The molecule has 3 aromatic carbocycles. The molecule has 0 radical (unpaired) electrons. The number of carboxylic acids is 1. The van der Waals surface area contributed by atoms with Crippen LogP contribution in [0.1, 0.15) is 15.9 Å². The Morgan fingerprint density at radius 1 is 0.833 bits per heavy atom. The molecule has 7 nitrogen and oxygen atoms in total. The smallest absolute Gasteiger partial charge is 0.322 e. The van der Waals surface area contributed by atoms with Gasteiger partial charge in [0.25, 0.3) is 5.91 Å². The maximum atomic E-state index is 12.6. The molecule has 0 aliphatic carbocycles. The number of hydrogen-bond acceptors (Lipinski definition) is 4. The van der Waals surface area contributed by atoms with Gasteiger partial charge in [-0.1, -0.05) is 48.5 Å². The number of rotatable bonds is 8. The van der Waals surface area contributed by atoms with Crippen molar-refractivity contribution in [3.05, 3.63) is 96.1 Å². The molecule has 0 saturated carbocycles. The number of amides is 1. The molecule has 0 aliphatic heterocycles. The molecule has 0 bridgehead atoms. The molecule has 0 heterocycles. The van der Waals surface area contributed by atoms with Crippen LogP contribution in [0, 0.1) is 0 Å². The monoisotopic (exact) mass is 424 g/mol. The number of hydrogen-bond donors (Lipinski definition) is 3. The molecule has 3 aromatic rings. The van der Waals surface area contributed by atoms with E-state index in [9.17, 15) is 23.1 Å². The Morgan fingerprint density at radius 2 is 1.40 bits per heavy atom. The zero-order valence-corrected chi connectivity index (χ0v) is 16.7.